The number of morpholine rings is 1. The summed E-state index contributed by atoms with van der Waals surface area (Å²) in [6, 6.07) is 14.5. The number of amides is 1. The molecule has 3 rings (SSSR count). The molecule has 8 heteroatoms. The number of carbonyl (C=O) groups is 1. The van der Waals surface area contributed by atoms with Crippen LogP contribution in [0.5, 0.6) is 5.75 Å². The van der Waals surface area contributed by atoms with Gasteiger partial charge in [-0.1, -0.05) is 36.4 Å². The molecule has 1 N–H and O–H groups in total. The molecule has 150 valence electrons. The van der Waals surface area contributed by atoms with Crippen molar-refractivity contribution in [1.29, 1.82) is 0 Å². The number of carbonyl (C=O) groups excluding carboxylic acids is 1. The zero-order valence-corrected chi connectivity index (χ0v) is 16.7. The maximum atomic E-state index is 12.7. The number of methoxy groups -OCH3 is 1. The summed E-state index contributed by atoms with van der Waals surface area (Å²) in [6.07, 6.45) is -0.215. The Kier molecular flexibility index (Phi) is 6.33. The van der Waals surface area contributed by atoms with Crippen LogP contribution in [-0.4, -0.2) is 52.6 Å². The molecule has 2 aromatic rings. The number of sulfonamides is 1. The van der Waals surface area contributed by atoms with Gasteiger partial charge >= 0.3 is 0 Å². The molecule has 1 atom stereocenters. The molecule has 1 aliphatic rings. The van der Waals surface area contributed by atoms with Crippen molar-refractivity contribution in [2.45, 2.75) is 17.9 Å². The Morgan fingerprint density at radius 3 is 2.71 bits per heavy atom. The summed E-state index contributed by atoms with van der Waals surface area (Å²) in [6.45, 7) is 2.70. The van der Waals surface area contributed by atoms with Gasteiger partial charge in [0.05, 0.1) is 26.8 Å². The van der Waals surface area contributed by atoms with Crippen LogP contribution in [0, 0.1) is 6.92 Å². The van der Waals surface area contributed by atoms with E-state index in [9.17, 15) is 13.2 Å². The second-order valence-electron chi connectivity index (χ2n) is 6.59. The Balaban J connectivity index is 1.65. The lowest BCUT2D eigenvalue weighted by Crippen LogP contribution is -2.46. The fraction of sp³-hybridized carbons (Fsp3) is 0.350. The Bertz CT molecular complexity index is 931. The Morgan fingerprint density at radius 1 is 1.25 bits per heavy atom. The van der Waals surface area contributed by atoms with Crippen molar-refractivity contribution >= 4 is 15.9 Å². The van der Waals surface area contributed by atoms with Crippen LogP contribution < -0.4 is 9.46 Å². The fourth-order valence-electron chi connectivity index (χ4n) is 3.09. The van der Waals surface area contributed by atoms with Gasteiger partial charge in [0.15, 0.2) is 0 Å². The number of nitrogens with zero attached hydrogens (tertiary/aromatic N) is 1. The third-order valence-corrected chi connectivity index (χ3v) is 6.04. The van der Waals surface area contributed by atoms with Crippen LogP contribution in [0.4, 0.5) is 0 Å². The van der Waals surface area contributed by atoms with E-state index in [1.54, 1.807) is 24.0 Å². The number of hydrogen-bond acceptors (Lipinski definition) is 5. The Labute approximate surface area is 165 Å². The molecule has 0 radical (unpaired) electrons. The topological polar surface area (TPSA) is 84.9 Å². The number of benzene rings is 2. The van der Waals surface area contributed by atoms with Gasteiger partial charge in [-0.25, -0.2) is 13.1 Å². The van der Waals surface area contributed by atoms with Gasteiger partial charge in [0.25, 0.3) is 0 Å². The summed E-state index contributed by atoms with van der Waals surface area (Å²) < 4.78 is 38.6. The van der Waals surface area contributed by atoms with Crippen LogP contribution >= 0.6 is 0 Å². The van der Waals surface area contributed by atoms with Crippen LogP contribution in [0.15, 0.2) is 53.4 Å². The van der Waals surface area contributed by atoms with Gasteiger partial charge in [-0.3, -0.25) is 4.79 Å². The molecule has 7 nitrogen and oxygen atoms in total. The molecule has 2 aromatic carbocycles. The number of ether oxygens (including phenoxy) is 2. The predicted molar refractivity (Wildman–Crippen MR) is 105 cm³/mol. The highest BCUT2D eigenvalue weighted by Crippen LogP contribution is 2.25. The lowest BCUT2D eigenvalue weighted by atomic mass is 10.1. The third kappa shape index (κ3) is 4.70. The van der Waals surface area contributed by atoms with Crippen LogP contribution in [0.25, 0.3) is 0 Å². The van der Waals surface area contributed by atoms with Crippen LogP contribution in [0.2, 0.25) is 0 Å². The first-order valence-corrected chi connectivity index (χ1v) is 10.5. The summed E-state index contributed by atoms with van der Waals surface area (Å²) in [4.78, 5) is 14.2. The molecule has 1 aliphatic heterocycles. The molecule has 0 saturated carbocycles. The molecule has 0 aliphatic carbocycles. The molecule has 1 fully saturated rings. The van der Waals surface area contributed by atoms with E-state index in [2.05, 4.69) is 4.72 Å². The van der Waals surface area contributed by atoms with Crippen LogP contribution in [0.3, 0.4) is 0 Å². The third-order valence-electron chi connectivity index (χ3n) is 4.61. The van der Waals surface area contributed by atoms with E-state index >= 15 is 0 Å². The van der Waals surface area contributed by atoms with Crippen molar-refractivity contribution in [3.05, 3.63) is 59.7 Å². The first kappa shape index (κ1) is 20.3. The van der Waals surface area contributed by atoms with E-state index in [1.165, 1.54) is 13.2 Å². The van der Waals surface area contributed by atoms with Gasteiger partial charge in [0.2, 0.25) is 15.9 Å². The number of nitrogens with one attached hydrogen (secondary N) is 1. The predicted octanol–water partition coefficient (Wildman–Crippen LogP) is 1.88. The van der Waals surface area contributed by atoms with Gasteiger partial charge < -0.3 is 14.4 Å². The van der Waals surface area contributed by atoms with Gasteiger partial charge in [0.1, 0.15) is 16.7 Å². The zero-order chi connectivity index (χ0) is 20.1. The Hall–Kier alpha value is -2.42. The lowest BCUT2D eigenvalue weighted by Gasteiger charge is -2.33. The van der Waals surface area contributed by atoms with Crippen LogP contribution in [0.1, 0.15) is 17.2 Å². The summed E-state index contributed by atoms with van der Waals surface area (Å²) >= 11 is 0. The van der Waals surface area contributed by atoms with E-state index in [4.69, 9.17) is 9.47 Å². The molecular formula is C20H24N2O5S. The van der Waals surface area contributed by atoms with E-state index in [0.29, 0.717) is 19.7 Å². The standard InChI is InChI=1S/C20H24N2O5S/c1-15-8-9-17(26-2)19(12-15)28(24,25)21-13-20(23)22-10-11-27-18(14-22)16-6-4-3-5-7-16/h3-9,12,18,21H,10-11,13-14H2,1-2H3/t18-/m1/s1. The monoisotopic (exact) mass is 404 g/mol. The van der Waals surface area contributed by atoms with Gasteiger partial charge in [-0.15, -0.1) is 0 Å². The van der Waals surface area contributed by atoms with E-state index in [0.717, 1.165) is 11.1 Å². The zero-order valence-electron chi connectivity index (χ0n) is 15.9. The summed E-state index contributed by atoms with van der Waals surface area (Å²) in [5.41, 5.74) is 1.77. The van der Waals surface area contributed by atoms with Crippen molar-refractivity contribution in [3.63, 3.8) is 0 Å². The van der Waals surface area contributed by atoms with Crippen molar-refractivity contribution in [2.24, 2.45) is 0 Å². The average Bonchev–Trinajstić information content (AvgIpc) is 2.73. The SMILES string of the molecule is COc1ccc(C)cc1S(=O)(=O)NCC(=O)N1CCO[C@@H](c2ccccc2)C1. The fourth-order valence-corrected chi connectivity index (χ4v) is 4.31. The largest absolute Gasteiger partial charge is 0.495 e. The minimum atomic E-state index is -3.88. The maximum Gasteiger partial charge on any atom is 0.244 e. The second kappa shape index (κ2) is 8.72. The average molecular weight is 404 g/mol. The molecule has 28 heavy (non-hydrogen) atoms. The van der Waals surface area contributed by atoms with Gasteiger partial charge in [0, 0.05) is 6.54 Å². The number of hydrogen-bond donors (Lipinski definition) is 1. The Morgan fingerprint density at radius 2 is 2.00 bits per heavy atom. The quantitative estimate of drug-likeness (QED) is 0.795. The highest BCUT2D eigenvalue weighted by molar-refractivity contribution is 7.89. The summed E-state index contributed by atoms with van der Waals surface area (Å²) in [5.74, 6) is -0.0551. The van der Waals surface area contributed by atoms with Crippen molar-refractivity contribution < 1.29 is 22.7 Å². The molecule has 1 saturated heterocycles. The highest BCUT2D eigenvalue weighted by atomic mass is 32.2. The molecular weight excluding hydrogens is 380 g/mol. The van der Waals surface area contributed by atoms with Crippen molar-refractivity contribution in [3.8, 4) is 5.75 Å². The molecule has 1 heterocycles. The molecule has 0 aromatic heterocycles. The van der Waals surface area contributed by atoms with E-state index in [-0.39, 0.29) is 29.2 Å². The smallest absolute Gasteiger partial charge is 0.244 e. The lowest BCUT2D eigenvalue weighted by molar-refractivity contribution is -0.137. The van der Waals surface area contributed by atoms with Crippen LogP contribution in [-0.2, 0) is 19.6 Å². The summed E-state index contributed by atoms with van der Waals surface area (Å²) in [7, 11) is -2.47. The number of aryl methyl sites for hydroxylation is 1. The highest BCUT2D eigenvalue weighted by Gasteiger charge is 2.27. The van der Waals surface area contributed by atoms with Crippen molar-refractivity contribution in [2.75, 3.05) is 33.4 Å². The van der Waals surface area contributed by atoms with Crippen molar-refractivity contribution in [1.82, 2.24) is 9.62 Å². The second-order valence-corrected chi connectivity index (χ2v) is 8.32. The normalized spacial score (nSPS) is 17.4. The van der Waals surface area contributed by atoms with Gasteiger partial charge in [-0.2, -0.15) is 0 Å². The molecule has 0 unspecified atom stereocenters. The minimum Gasteiger partial charge on any atom is -0.495 e. The summed E-state index contributed by atoms with van der Waals surface area (Å²) in [5, 5.41) is 0. The first-order valence-electron chi connectivity index (χ1n) is 8.99. The molecule has 0 bridgehead atoms. The maximum absolute atomic E-state index is 12.7. The van der Waals surface area contributed by atoms with E-state index in [1.807, 2.05) is 30.3 Å². The number of rotatable bonds is 6. The van der Waals surface area contributed by atoms with Gasteiger partial charge in [-0.05, 0) is 30.2 Å². The minimum absolute atomic E-state index is 0.0203. The molecule has 1 amide bonds. The molecule has 0 spiro atoms. The first-order chi connectivity index (χ1) is 13.4. The van der Waals surface area contributed by atoms with E-state index < -0.39 is 10.0 Å².